The van der Waals surface area contributed by atoms with E-state index in [4.69, 9.17) is 0 Å². The molecule has 3 atom stereocenters. The Labute approximate surface area is 69.8 Å². The number of aliphatic hydroxyl groups excluding tert-OH is 1. The van der Waals surface area contributed by atoms with Crippen LogP contribution < -0.4 is 0 Å². The van der Waals surface area contributed by atoms with E-state index in [-0.39, 0.29) is 6.10 Å². The lowest BCUT2D eigenvalue weighted by Crippen LogP contribution is -2.31. The van der Waals surface area contributed by atoms with Crippen LogP contribution in [0.4, 0.5) is 0 Å². The van der Waals surface area contributed by atoms with Crippen molar-refractivity contribution in [3.63, 3.8) is 0 Å². The summed E-state index contributed by atoms with van der Waals surface area (Å²) in [6, 6.07) is 0. The van der Waals surface area contributed by atoms with E-state index < -0.39 is 0 Å². The second-order valence-electron chi connectivity index (χ2n) is 4.39. The van der Waals surface area contributed by atoms with Crippen LogP contribution in [0.5, 0.6) is 0 Å². The minimum Gasteiger partial charge on any atom is -0.393 e. The third kappa shape index (κ3) is 2.19. The predicted molar refractivity (Wildman–Crippen MR) is 47.3 cm³/mol. The van der Waals surface area contributed by atoms with Gasteiger partial charge in [0, 0.05) is 0 Å². The Morgan fingerprint density at radius 3 is 2.36 bits per heavy atom. The van der Waals surface area contributed by atoms with Crippen LogP contribution >= 0.6 is 0 Å². The highest BCUT2D eigenvalue weighted by molar-refractivity contribution is 4.79. The van der Waals surface area contributed by atoms with Crippen LogP contribution in [0.3, 0.4) is 0 Å². The molecule has 66 valence electrons. The van der Waals surface area contributed by atoms with Crippen LogP contribution in [0.1, 0.15) is 40.0 Å². The Morgan fingerprint density at radius 2 is 1.91 bits per heavy atom. The SMILES string of the molecule is CC(C)C1CC[C@H](C)CC1O. The smallest absolute Gasteiger partial charge is 0.0573 e. The molecular weight excluding hydrogens is 136 g/mol. The lowest BCUT2D eigenvalue weighted by Gasteiger charge is -2.33. The average Bonchev–Trinajstić information content (AvgIpc) is 1.85. The maximum atomic E-state index is 9.71. The standard InChI is InChI=1S/C10H20O/c1-7(2)9-5-4-8(3)6-10(9)11/h7-11H,4-6H2,1-3H3/t8-,9?,10?/m0/s1. The first-order valence-corrected chi connectivity index (χ1v) is 4.79. The number of hydrogen-bond acceptors (Lipinski definition) is 1. The molecule has 11 heavy (non-hydrogen) atoms. The van der Waals surface area contributed by atoms with E-state index >= 15 is 0 Å². The Balaban J connectivity index is 2.44. The van der Waals surface area contributed by atoms with E-state index in [1.807, 2.05) is 0 Å². The summed E-state index contributed by atoms with van der Waals surface area (Å²) in [5, 5.41) is 9.71. The minimum absolute atomic E-state index is 0.0289. The third-order valence-electron chi connectivity index (χ3n) is 2.99. The van der Waals surface area contributed by atoms with Gasteiger partial charge >= 0.3 is 0 Å². The molecule has 0 bridgehead atoms. The molecule has 1 heteroatoms. The third-order valence-corrected chi connectivity index (χ3v) is 2.99. The lowest BCUT2D eigenvalue weighted by molar-refractivity contribution is 0.0266. The largest absolute Gasteiger partial charge is 0.393 e. The zero-order valence-electron chi connectivity index (χ0n) is 7.88. The second kappa shape index (κ2) is 3.57. The molecule has 2 unspecified atom stereocenters. The van der Waals surface area contributed by atoms with Crippen molar-refractivity contribution in [1.82, 2.24) is 0 Å². The maximum Gasteiger partial charge on any atom is 0.0573 e. The zero-order chi connectivity index (χ0) is 8.43. The second-order valence-corrected chi connectivity index (χ2v) is 4.39. The van der Waals surface area contributed by atoms with Crippen LogP contribution in [0.25, 0.3) is 0 Å². The van der Waals surface area contributed by atoms with Gasteiger partial charge in [-0.1, -0.05) is 27.2 Å². The van der Waals surface area contributed by atoms with Crippen LogP contribution in [0, 0.1) is 17.8 Å². The van der Waals surface area contributed by atoms with Gasteiger partial charge in [0.2, 0.25) is 0 Å². The summed E-state index contributed by atoms with van der Waals surface area (Å²) in [6.07, 6.45) is 3.52. The van der Waals surface area contributed by atoms with Gasteiger partial charge in [-0.15, -0.1) is 0 Å². The Bertz CT molecular complexity index is 120. The fourth-order valence-corrected chi connectivity index (χ4v) is 2.15. The molecule has 1 fully saturated rings. The van der Waals surface area contributed by atoms with Crippen molar-refractivity contribution < 1.29 is 5.11 Å². The number of rotatable bonds is 1. The molecule has 1 N–H and O–H groups in total. The highest BCUT2D eigenvalue weighted by Crippen LogP contribution is 2.33. The van der Waals surface area contributed by atoms with E-state index in [1.54, 1.807) is 0 Å². The number of hydrogen-bond donors (Lipinski definition) is 1. The first-order valence-electron chi connectivity index (χ1n) is 4.79. The first kappa shape index (κ1) is 9.05. The van der Waals surface area contributed by atoms with E-state index in [9.17, 15) is 5.11 Å². The van der Waals surface area contributed by atoms with Crippen molar-refractivity contribution >= 4 is 0 Å². The molecule has 1 nitrogen and oxygen atoms in total. The minimum atomic E-state index is -0.0289. The highest BCUT2D eigenvalue weighted by atomic mass is 16.3. The van der Waals surface area contributed by atoms with Gasteiger partial charge in [-0.2, -0.15) is 0 Å². The van der Waals surface area contributed by atoms with Crippen molar-refractivity contribution in [1.29, 1.82) is 0 Å². The monoisotopic (exact) mass is 156 g/mol. The van der Waals surface area contributed by atoms with Gasteiger partial charge in [0.15, 0.2) is 0 Å². The molecule has 1 aliphatic rings. The molecule has 0 amide bonds. The summed E-state index contributed by atoms with van der Waals surface area (Å²) in [5.41, 5.74) is 0. The molecule has 0 radical (unpaired) electrons. The van der Waals surface area contributed by atoms with Gasteiger partial charge in [0.1, 0.15) is 0 Å². The van der Waals surface area contributed by atoms with Gasteiger partial charge in [0.25, 0.3) is 0 Å². The van der Waals surface area contributed by atoms with Crippen LogP contribution in [0.2, 0.25) is 0 Å². The van der Waals surface area contributed by atoms with Crippen molar-refractivity contribution in [2.75, 3.05) is 0 Å². The molecule has 1 saturated carbocycles. The van der Waals surface area contributed by atoms with Crippen molar-refractivity contribution in [2.24, 2.45) is 17.8 Å². The van der Waals surface area contributed by atoms with Crippen molar-refractivity contribution in [3.05, 3.63) is 0 Å². The fraction of sp³-hybridized carbons (Fsp3) is 1.00. The molecule has 0 saturated heterocycles. The fourth-order valence-electron chi connectivity index (χ4n) is 2.15. The first-order chi connectivity index (χ1) is 5.11. The van der Waals surface area contributed by atoms with E-state index in [0.29, 0.717) is 11.8 Å². The molecular formula is C10H20O. The highest BCUT2D eigenvalue weighted by Gasteiger charge is 2.28. The van der Waals surface area contributed by atoms with Gasteiger partial charge in [0.05, 0.1) is 6.10 Å². The summed E-state index contributed by atoms with van der Waals surface area (Å²) in [6.45, 7) is 6.66. The van der Waals surface area contributed by atoms with Crippen molar-refractivity contribution in [3.8, 4) is 0 Å². The summed E-state index contributed by atoms with van der Waals surface area (Å²) < 4.78 is 0. The van der Waals surface area contributed by atoms with E-state index in [1.165, 1.54) is 12.8 Å². The Hall–Kier alpha value is -0.0400. The predicted octanol–water partition coefficient (Wildman–Crippen LogP) is 2.44. The molecule has 1 rings (SSSR count). The van der Waals surface area contributed by atoms with Crippen LogP contribution in [0.15, 0.2) is 0 Å². The molecule has 1 aliphatic carbocycles. The van der Waals surface area contributed by atoms with Gasteiger partial charge < -0.3 is 5.11 Å². The maximum absolute atomic E-state index is 9.71. The average molecular weight is 156 g/mol. The quantitative estimate of drug-likeness (QED) is 0.618. The molecule has 0 aromatic heterocycles. The van der Waals surface area contributed by atoms with E-state index in [0.717, 1.165) is 12.3 Å². The van der Waals surface area contributed by atoms with Gasteiger partial charge in [-0.3, -0.25) is 0 Å². The summed E-state index contributed by atoms with van der Waals surface area (Å²) in [5.74, 6) is 1.95. The lowest BCUT2D eigenvalue weighted by atomic mass is 9.75. The molecule has 0 aromatic rings. The van der Waals surface area contributed by atoms with Crippen LogP contribution in [-0.4, -0.2) is 11.2 Å². The number of aliphatic hydroxyl groups is 1. The Kier molecular flexibility index (Phi) is 2.94. The summed E-state index contributed by atoms with van der Waals surface area (Å²) in [7, 11) is 0. The zero-order valence-corrected chi connectivity index (χ0v) is 7.88. The summed E-state index contributed by atoms with van der Waals surface area (Å²) in [4.78, 5) is 0. The normalized spacial score (nSPS) is 39.5. The van der Waals surface area contributed by atoms with Gasteiger partial charge in [-0.25, -0.2) is 0 Å². The molecule has 0 heterocycles. The van der Waals surface area contributed by atoms with Crippen LogP contribution in [-0.2, 0) is 0 Å². The molecule has 0 spiro atoms. The van der Waals surface area contributed by atoms with Crippen molar-refractivity contribution in [2.45, 2.75) is 46.1 Å². The Morgan fingerprint density at radius 1 is 1.27 bits per heavy atom. The summed E-state index contributed by atoms with van der Waals surface area (Å²) >= 11 is 0. The topological polar surface area (TPSA) is 20.2 Å². The van der Waals surface area contributed by atoms with Gasteiger partial charge in [-0.05, 0) is 30.6 Å². The van der Waals surface area contributed by atoms with E-state index in [2.05, 4.69) is 20.8 Å². The molecule has 0 aliphatic heterocycles. The molecule has 0 aromatic carbocycles.